The van der Waals surface area contributed by atoms with Crippen LogP contribution in [0.3, 0.4) is 0 Å². The summed E-state index contributed by atoms with van der Waals surface area (Å²) in [5.41, 5.74) is 3.99. The summed E-state index contributed by atoms with van der Waals surface area (Å²) in [5, 5.41) is 2.05. The van der Waals surface area contributed by atoms with Crippen LogP contribution in [-0.4, -0.2) is 17.4 Å². The van der Waals surface area contributed by atoms with Crippen molar-refractivity contribution in [3.8, 4) is 10.4 Å². The molecule has 0 fully saturated rings. The lowest BCUT2D eigenvalue weighted by atomic mass is 9.91. The maximum absolute atomic E-state index is 13.1. The van der Waals surface area contributed by atoms with Gasteiger partial charge in [0.15, 0.2) is 0 Å². The van der Waals surface area contributed by atoms with Gasteiger partial charge in [0, 0.05) is 16.3 Å². The molecule has 0 atom stereocenters. The summed E-state index contributed by atoms with van der Waals surface area (Å²) in [6.45, 7) is 5.02. The number of nitrogens with zero attached hydrogens (tertiary/aromatic N) is 1. The molecular formula is C21H19NOS2. The zero-order valence-corrected chi connectivity index (χ0v) is 15.5. The fourth-order valence-corrected chi connectivity index (χ4v) is 5.26. The number of fused-ring (bicyclic) bond motifs is 3. The Labute approximate surface area is 156 Å². The van der Waals surface area contributed by atoms with Gasteiger partial charge in [-0.15, -0.1) is 29.3 Å². The molecule has 25 heavy (non-hydrogen) atoms. The van der Waals surface area contributed by atoms with E-state index in [1.54, 1.807) is 28.7 Å². The Balaban J connectivity index is 1.64. The molecule has 4 heteroatoms. The van der Waals surface area contributed by atoms with Crippen molar-refractivity contribution in [2.45, 2.75) is 19.4 Å². The Morgan fingerprint density at radius 3 is 2.80 bits per heavy atom. The van der Waals surface area contributed by atoms with Gasteiger partial charge in [-0.3, -0.25) is 4.79 Å². The number of hydrogen-bond acceptors (Lipinski definition) is 3. The predicted molar refractivity (Wildman–Crippen MR) is 106 cm³/mol. The van der Waals surface area contributed by atoms with Crippen LogP contribution in [0.5, 0.6) is 0 Å². The first-order valence-corrected chi connectivity index (χ1v) is 10.1. The molecule has 0 saturated heterocycles. The highest BCUT2D eigenvalue weighted by molar-refractivity contribution is 7.17. The molecule has 126 valence electrons. The zero-order chi connectivity index (χ0) is 17.2. The number of benzene rings is 1. The number of carbonyl (C=O) groups excluding carboxylic acids is 1. The van der Waals surface area contributed by atoms with Crippen LogP contribution in [0.1, 0.15) is 25.7 Å². The second-order valence-corrected chi connectivity index (χ2v) is 8.26. The quantitative estimate of drug-likeness (QED) is 0.554. The van der Waals surface area contributed by atoms with Crippen molar-refractivity contribution in [1.29, 1.82) is 0 Å². The molecule has 2 aromatic heterocycles. The molecule has 3 aromatic rings. The molecule has 2 nitrogen and oxygen atoms in total. The molecule has 1 aliphatic rings. The van der Waals surface area contributed by atoms with E-state index in [2.05, 4.69) is 43.0 Å². The van der Waals surface area contributed by atoms with Crippen LogP contribution in [0.15, 0.2) is 60.5 Å². The van der Waals surface area contributed by atoms with Gasteiger partial charge in [-0.25, -0.2) is 0 Å². The Morgan fingerprint density at radius 1 is 1.16 bits per heavy atom. The Hall–Kier alpha value is -2.17. The smallest absolute Gasteiger partial charge is 0.264 e. The molecule has 0 aliphatic heterocycles. The van der Waals surface area contributed by atoms with Crippen LogP contribution in [0.2, 0.25) is 0 Å². The van der Waals surface area contributed by atoms with E-state index in [0.29, 0.717) is 13.1 Å². The minimum absolute atomic E-state index is 0.102. The summed E-state index contributed by atoms with van der Waals surface area (Å²) in [7, 11) is 0. The average molecular weight is 366 g/mol. The molecule has 1 aromatic carbocycles. The third-order valence-electron chi connectivity index (χ3n) is 4.51. The largest absolute Gasteiger partial charge is 0.329 e. The Morgan fingerprint density at radius 2 is 2.00 bits per heavy atom. The summed E-state index contributed by atoms with van der Waals surface area (Å²) in [4.78, 5) is 18.3. The van der Waals surface area contributed by atoms with Crippen LogP contribution in [-0.2, 0) is 19.4 Å². The molecule has 0 saturated carbocycles. The van der Waals surface area contributed by atoms with Crippen molar-refractivity contribution in [3.05, 3.63) is 81.4 Å². The lowest BCUT2D eigenvalue weighted by molar-refractivity contribution is 0.0769. The van der Waals surface area contributed by atoms with Crippen LogP contribution in [0, 0.1) is 0 Å². The fraction of sp³-hybridized carbons (Fsp3) is 0.190. The van der Waals surface area contributed by atoms with E-state index in [9.17, 15) is 4.79 Å². The highest BCUT2D eigenvalue weighted by atomic mass is 32.1. The van der Waals surface area contributed by atoms with Gasteiger partial charge in [-0.1, -0.05) is 36.4 Å². The minimum atomic E-state index is 0.102. The second-order valence-electron chi connectivity index (χ2n) is 6.18. The van der Waals surface area contributed by atoms with Crippen LogP contribution in [0.4, 0.5) is 0 Å². The van der Waals surface area contributed by atoms with Gasteiger partial charge in [0.2, 0.25) is 0 Å². The summed E-state index contributed by atoms with van der Waals surface area (Å²) >= 11 is 3.31. The molecule has 4 rings (SSSR count). The first-order valence-electron chi connectivity index (χ1n) is 8.40. The van der Waals surface area contributed by atoms with Crippen molar-refractivity contribution in [1.82, 2.24) is 4.90 Å². The van der Waals surface area contributed by atoms with Crippen LogP contribution < -0.4 is 0 Å². The molecule has 0 bridgehead atoms. The lowest BCUT2D eigenvalue weighted by Gasteiger charge is -2.19. The first-order chi connectivity index (χ1) is 12.3. The molecule has 0 spiro atoms. The SMILES string of the molecule is C=CCN(Cc1cccs1)C(=O)c1cc2c(s1)-c1ccccc1CC2. The standard InChI is InChI=1S/C21H19NOS2/c1-2-11-22(14-17-7-5-12-24-17)21(23)19-13-16-10-9-15-6-3-4-8-18(15)20(16)25-19/h2-8,12-13H,1,9-11,14H2. The third-order valence-corrected chi connectivity index (χ3v) is 6.57. The summed E-state index contributed by atoms with van der Waals surface area (Å²) < 4.78 is 0. The normalized spacial score (nSPS) is 12.3. The average Bonchev–Trinajstić information content (AvgIpc) is 3.30. The Bertz CT molecular complexity index is 908. The highest BCUT2D eigenvalue weighted by Crippen LogP contribution is 2.39. The summed E-state index contributed by atoms with van der Waals surface area (Å²) in [5.74, 6) is 0.102. The molecule has 2 heterocycles. The van der Waals surface area contributed by atoms with Gasteiger partial charge in [0.1, 0.15) is 0 Å². The molecule has 0 radical (unpaired) electrons. The minimum Gasteiger partial charge on any atom is -0.329 e. The topological polar surface area (TPSA) is 20.3 Å². The summed E-state index contributed by atoms with van der Waals surface area (Å²) in [6, 6.07) is 14.7. The Kier molecular flexibility index (Phi) is 4.55. The van der Waals surface area contributed by atoms with E-state index >= 15 is 0 Å². The zero-order valence-electron chi connectivity index (χ0n) is 13.9. The monoisotopic (exact) mass is 365 g/mol. The predicted octanol–water partition coefficient (Wildman–Crippen LogP) is 5.40. The van der Waals surface area contributed by atoms with Crippen molar-refractivity contribution in [3.63, 3.8) is 0 Å². The maximum Gasteiger partial charge on any atom is 0.264 e. The number of hydrogen-bond donors (Lipinski definition) is 0. The number of carbonyl (C=O) groups is 1. The van der Waals surface area contributed by atoms with Gasteiger partial charge < -0.3 is 4.90 Å². The van der Waals surface area contributed by atoms with Gasteiger partial charge >= 0.3 is 0 Å². The van der Waals surface area contributed by atoms with Crippen molar-refractivity contribution < 1.29 is 4.79 Å². The van der Waals surface area contributed by atoms with E-state index in [1.807, 2.05) is 16.3 Å². The van der Waals surface area contributed by atoms with Gasteiger partial charge in [-0.05, 0) is 47.0 Å². The number of amides is 1. The maximum atomic E-state index is 13.1. The molecule has 1 aliphatic carbocycles. The third kappa shape index (κ3) is 3.20. The molecule has 0 N–H and O–H groups in total. The van der Waals surface area contributed by atoms with E-state index in [0.717, 1.165) is 17.7 Å². The van der Waals surface area contributed by atoms with Crippen LogP contribution >= 0.6 is 22.7 Å². The summed E-state index contributed by atoms with van der Waals surface area (Å²) in [6.07, 6.45) is 3.87. The van der Waals surface area contributed by atoms with Gasteiger partial charge in [0.25, 0.3) is 5.91 Å². The lowest BCUT2D eigenvalue weighted by Crippen LogP contribution is -2.29. The number of rotatable bonds is 5. The van der Waals surface area contributed by atoms with Crippen molar-refractivity contribution >= 4 is 28.6 Å². The van der Waals surface area contributed by atoms with Crippen molar-refractivity contribution in [2.75, 3.05) is 6.54 Å². The highest BCUT2D eigenvalue weighted by Gasteiger charge is 2.24. The number of aryl methyl sites for hydroxylation is 2. The van der Waals surface area contributed by atoms with E-state index in [1.165, 1.54) is 26.4 Å². The first kappa shape index (κ1) is 16.3. The number of thiophene rings is 2. The van der Waals surface area contributed by atoms with E-state index in [4.69, 9.17) is 0 Å². The molecule has 1 amide bonds. The fourth-order valence-electron chi connectivity index (χ4n) is 3.30. The van der Waals surface area contributed by atoms with E-state index < -0.39 is 0 Å². The second kappa shape index (κ2) is 6.98. The van der Waals surface area contributed by atoms with Gasteiger partial charge in [-0.2, -0.15) is 0 Å². The van der Waals surface area contributed by atoms with E-state index in [-0.39, 0.29) is 5.91 Å². The van der Waals surface area contributed by atoms with Gasteiger partial charge in [0.05, 0.1) is 11.4 Å². The molecule has 0 unspecified atom stereocenters. The molecular weight excluding hydrogens is 346 g/mol. The van der Waals surface area contributed by atoms with Crippen molar-refractivity contribution in [2.24, 2.45) is 0 Å². The van der Waals surface area contributed by atoms with Crippen LogP contribution in [0.25, 0.3) is 10.4 Å².